The number of nitrogens with zero attached hydrogens (tertiary/aromatic N) is 1. The van der Waals surface area contributed by atoms with Crippen LogP contribution in [-0.4, -0.2) is 22.1 Å². The van der Waals surface area contributed by atoms with E-state index >= 15 is 0 Å². The van der Waals surface area contributed by atoms with E-state index < -0.39 is 23.2 Å². The van der Waals surface area contributed by atoms with Gasteiger partial charge in [-0.15, -0.1) is 0 Å². The zero-order valence-corrected chi connectivity index (χ0v) is 10.8. The van der Waals surface area contributed by atoms with Crippen LogP contribution >= 0.6 is 0 Å². The van der Waals surface area contributed by atoms with Crippen LogP contribution in [0.15, 0.2) is 4.52 Å². The Morgan fingerprint density at radius 2 is 1.94 bits per heavy atom. The minimum absolute atomic E-state index is 0.296. The molecule has 0 radical (unpaired) electrons. The lowest BCUT2D eigenvalue weighted by Crippen LogP contribution is -2.17. The second-order valence-electron chi connectivity index (χ2n) is 5.33. The van der Waals surface area contributed by atoms with Gasteiger partial charge in [0.05, 0.1) is 17.5 Å². The molecule has 2 unspecified atom stereocenters. The van der Waals surface area contributed by atoms with Gasteiger partial charge in [0.2, 0.25) is 11.8 Å². The van der Waals surface area contributed by atoms with Crippen LogP contribution in [0.5, 0.6) is 0 Å². The Hall–Kier alpha value is -1.85. The van der Waals surface area contributed by atoms with Gasteiger partial charge in [0.25, 0.3) is 0 Å². The third-order valence-corrected chi connectivity index (χ3v) is 3.77. The van der Waals surface area contributed by atoms with Crippen LogP contribution in [-0.2, 0) is 9.59 Å². The minimum atomic E-state index is -0.939. The average molecular weight is 252 g/mol. The quantitative estimate of drug-likeness (QED) is 0.852. The molecule has 1 aromatic heterocycles. The monoisotopic (exact) mass is 252 g/mol. The molecule has 1 saturated carbocycles. The van der Waals surface area contributed by atoms with Crippen LogP contribution in [0, 0.1) is 31.1 Å². The summed E-state index contributed by atoms with van der Waals surface area (Å²) in [5.41, 5.74) is 0.947. The molecule has 1 aliphatic rings. The number of hydrogen-bond donors (Lipinski definition) is 2. The molecule has 1 heterocycles. The summed E-state index contributed by atoms with van der Waals surface area (Å²) >= 11 is 0. The van der Waals surface area contributed by atoms with Gasteiger partial charge in [-0.1, -0.05) is 19.0 Å². The lowest BCUT2D eigenvalue weighted by Gasteiger charge is -2.03. The van der Waals surface area contributed by atoms with Crippen LogP contribution in [0.1, 0.15) is 25.1 Å². The van der Waals surface area contributed by atoms with E-state index in [-0.39, 0.29) is 5.91 Å². The second kappa shape index (κ2) is 3.83. The van der Waals surface area contributed by atoms with Gasteiger partial charge in [-0.25, -0.2) is 0 Å². The molecule has 2 rings (SSSR count). The molecule has 1 aromatic rings. The summed E-state index contributed by atoms with van der Waals surface area (Å²) < 4.78 is 4.98. The molecule has 0 saturated heterocycles. The van der Waals surface area contributed by atoms with E-state index in [9.17, 15) is 9.59 Å². The number of carboxylic acids is 1. The number of aryl methyl sites for hydroxylation is 1. The highest BCUT2D eigenvalue weighted by Gasteiger charge is 2.66. The summed E-state index contributed by atoms with van der Waals surface area (Å²) in [5.74, 6) is -2.14. The topological polar surface area (TPSA) is 92.4 Å². The van der Waals surface area contributed by atoms with E-state index in [0.29, 0.717) is 11.6 Å². The molecule has 0 spiro atoms. The first-order valence-corrected chi connectivity index (χ1v) is 5.73. The van der Waals surface area contributed by atoms with Crippen molar-refractivity contribution in [3.05, 3.63) is 11.3 Å². The maximum Gasteiger partial charge on any atom is 0.307 e. The summed E-state index contributed by atoms with van der Waals surface area (Å²) in [6, 6.07) is 0. The van der Waals surface area contributed by atoms with E-state index in [2.05, 4.69) is 10.5 Å². The van der Waals surface area contributed by atoms with Crippen LogP contribution in [0.3, 0.4) is 0 Å². The smallest absolute Gasteiger partial charge is 0.307 e. The molecule has 98 valence electrons. The van der Waals surface area contributed by atoms with Crippen molar-refractivity contribution in [1.29, 1.82) is 0 Å². The fourth-order valence-electron chi connectivity index (χ4n) is 2.31. The molecule has 6 heteroatoms. The second-order valence-corrected chi connectivity index (χ2v) is 5.33. The molecule has 0 aromatic carbocycles. The van der Waals surface area contributed by atoms with Crippen LogP contribution in [0.2, 0.25) is 0 Å². The molecule has 1 fully saturated rings. The largest absolute Gasteiger partial charge is 0.481 e. The van der Waals surface area contributed by atoms with Crippen molar-refractivity contribution in [2.24, 2.45) is 17.3 Å². The molecule has 2 atom stereocenters. The van der Waals surface area contributed by atoms with Crippen molar-refractivity contribution in [3.63, 3.8) is 0 Å². The number of aromatic nitrogens is 1. The Labute approximate surface area is 104 Å². The molecule has 6 nitrogen and oxygen atoms in total. The van der Waals surface area contributed by atoms with E-state index in [1.807, 2.05) is 0 Å². The van der Waals surface area contributed by atoms with Crippen molar-refractivity contribution in [2.75, 3.05) is 5.32 Å². The zero-order valence-electron chi connectivity index (χ0n) is 10.8. The molecule has 0 bridgehead atoms. The van der Waals surface area contributed by atoms with Gasteiger partial charge >= 0.3 is 5.97 Å². The molecule has 1 amide bonds. The predicted octanol–water partition coefficient (Wildman–Crippen LogP) is 1.59. The summed E-state index contributed by atoms with van der Waals surface area (Å²) in [7, 11) is 0. The number of amides is 1. The number of carboxylic acid groups (broad SMARTS) is 1. The van der Waals surface area contributed by atoms with E-state index in [4.69, 9.17) is 9.63 Å². The summed E-state index contributed by atoms with van der Waals surface area (Å²) in [5, 5.41) is 15.4. The summed E-state index contributed by atoms with van der Waals surface area (Å²) in [6.45, 7) is 7.10. The fourth-order valence-corrected chi connectivity index (χ4v) is 2.31. The highest BCUT2D eigenvalue weighted by molar-refractivity contribution is 5.99. The van der Waals surface area contributed by atoms with Crippen molar-refractivity contribution in [3.8, 4) is 0 Å². The minimum Gasteiger partial charge on any atom is -0.481 e. The first-order valence-electron chi connectivity index (χ1n) is 5.73. The fraction of sp³-hybridized carbons (Fsp3) is 0.583. The third-order valence-electron chi connectivity index (χ3n) is 3.77. The number of carbonyl (C=O) groups excluding carboxylic acids is 1. The summed E-state index contributed by atoms with van der Waals surface area (Å²) in [6.07, 6.45) is 0. The Bertz CT molecular complexity index is 518. The number of anilines is 1. The van der Waals surface area contributed by atoms with E-state index in [0.717, 1.165) is 5.56 Å². The standard InChI is InChI=1S/C12H16N2O4/c1-5-6(2)14-18-10(5)13-9(15)7-8(11(16)17)12(7,3)4/h7-8H,1-4H3,(H,13,15)(H,16,17). The van der Waals surface area contributed by atoms with Crippen molar-refractivity contribution in [2.45, 2.75) is 27.7 Å². The van der Waals surface area contributed by atoms with E-state index in [1.54, 1.807) is 27.7 Å². The molecule has 2 N–H and O–H groups in total. The first-order chi connectivity index (χ1) is 8.26. The summed E-state index contributed by atoms with van der Waals surface area (Å²) in [4.78, 5) is 23.0. The van der Waals surface area contributed by atoms with Gasteiger partial charge in [0.1, 0.15) is 0 Å². The van der Waals surface area contributed by atoms with Crippen molar-refractivity contribution >= 4 is 17.8 Å². The Morgan fingerprint density at radius 1 is 1.33 bits per heavy atom. The highest BCUT2D eigenvalue weighted by Crippen LogP contribution is 2.58. The third kappa shape index (κ3) is 1.77. The van der Waals surface area contributed by atoms with Crippen LogP contribution in [0.25, 0.3) is 0 Å². The van der Waals surface area contributed by atoms with Gasteiger partial charge < -0.3 is 9.63 Å². The molecule has 18 heavy (non-hydrogen) atoms. The van der Waals surface area contributed by atoms with Crippen LogP contribution in [0.4, 0.5) is 5.88 Å². The van der Waals surface area contributed by atoms with Gasteiger partial charge in [-0.2, -0.15) is 0 Å². The van der Waals surface area contributed by atoms with E-state index in [1.165, 1.54) is 0 Å². The number of rotatable bonds is 3. The van der Waals surface area contributed by atoms with Crippen molar-refractivity contribution < 1.29 is 19.2 Å². The van der Waals surface area contributed by atoms with Gasteiger partial charge in [-0.3, -0.25) is 14.9 Å². The molecule has 0 aliphatic heterocycles. The van der Waals surface area contributed by atoms with Crippen LogP contribution < -0.4 is 5.32 Å². The lowest BCUT2D eigenvalue weighted by molar-refractivity contribution is -0.140. The Morgan fingerprint density at radius 3 is 2.33 bits per heavy atom. The average Bonchev–Trinajstić information content (AvgIpc) is 2.73. The maximum absolute atomic E-state index is 12.0. The number of aliphatic carboxylic acids is 1. The van der Waals surface area contributed by atoms with Gasteiger partial charge in [0, 0.05) is 5.56 Å². The predicted molar refractivity (Wildman–Crippen MR) is 63.0 cm³/mol. The van der Waals surface area contributed by atoms with Gasteiger partial charge in [-0.05, 0) is 19.3 Å². The molecular formula is C12H16N2O4. The number of carbonyl (C=O) groups is 2. The Kier molecular flexibility index (Phi) is 2.68. The zero-order chi connectivity index (χ0) is 13.7. The highest BCUT2D eigenvalue weighted by atomic mass is 16.5. The SMILES string of the molecule is Cc1noc(NC(=O)C2C(C(=O)O)C2(C)C)c1C. The number of nitrogens with one attached hydrogen (secondary N) is 1. The maximum atomic E-state index is 12.0. The van der Waals surface area contributed by atoms with Crippen molar-refractivity contribution in [1.82, 2.24) is 5.16 Å². The molecular weight excluding hydrogens is 236 g/mol. The number of hydrogen-bond acceptors (Lipinski definition) is 4. The Balaban J connectivity index is 2.11. The first kappa shape index (κ1) is 12.6. The normalized spacial score (nSPS) is 24.7. The van der Waals surface area contributed by atoms with Gasteiger partial charge in [0.15, 0.2) is 0 Å². The molecule has 1 aliphatic carbocycles. The lowest BCUT2D eigenvalue weighted by atomic mass is 10.1.